The molecule has 3 heterocycles. The maximum Gasteiger partial charge on any atom is 0.190 e. The number of rotatable bonds is 7. The smallest absolute Gasteiger partial charge is 0.190 e. The summed E-state index contributed by atoms with van der Waals surface area (Å²) in [6.45, 7) is 5.47. The van der Waals surface area contributed by atoms with Crippen molar-refractivity contribution < 1.29 is 4.74 Å². The fourth-order valence-electron chi connectivity index (χ4n) is 5.35. The zero-order valence-electron chi connectivity index (χ0n) is 17.4. The van der Waals surface area contributed by atoms with Crippen molar-refractivity contribution in [2.75, 3.05) is 38.6 Å². The lowest BCUT2D eigenvalue weighted by atomic mass is 9.98. The van der Waals surface area contributed by atoms with Crippen molar-refractivity contribution in [3.8, 4) is 0 Å². The lowest BCUT2D eigenvalue weighted by molar-refractivity contribution is 0.0828. The van der Waals surface area contributed by atoms with Crippen LogP contribution in [-0.4, -0.2) is 58.3 Å². The van der Waals surface area contributed by atoms with Gasteiger partial charge in [-0.2, -0.15) is 0 Å². The summed E-state index contributed by atoms with van der Waals surface area (Å²) in [4.78, 5) is 2.69. The van der Waals surface area contributed by atoms with E-state index in [9.17, 15) is 0 Å². The van der Waals surface area contributed by atoms with Gasteiger partial charge in [0.1, 0.15) is 5.82 Å². The second-order valence-corrected chi connectivity index (χ2v) is 10.1. The summed E-state index contributed by atoms with van der Waals surface area (Å²) >= 11 is 1.86. The Morgan fingerprint density at radius 1 is 1.17 bits per heavy atom. The summed E-state index contributed by atoms with van der Waals surface area (Å²) < 4.78 is 7.69. The monoisotopic (exact) mass is 412 g/mol. The van der Waals surface area contributed by atoms with E-state index in [1.165, 1.54) is 38.9 Å². The van der Waals surface area contributed by atoms with Crippen molar-refractivity contribution in [3.63, 3.8) is 0 Å². The molecule has 0 amide bonds. The Morgan fingerprint density at radius 3 is 2.83 bits per heavy atom. The van der Waals surface area contributed by atoms with Gasteiger partial charge in [-0.25, -0.2) is 0 Å². The van der Waals surface area contributed by atoms with E-state index in [2.05, 4.69) is 57.0 Å². The first-order valence-corrected chi connectivity index (χ1v) is 12.1. The zero-order valence-corrected chi connectivity index (χ0v) is 18.2. The fourth-order valence-corrected chi connectivity index (χ4v) is 6.19. The molecule has 5 rings (SSSR count). The molecule has 2 aliphatic heterocycles. The summed E-state index contributed by atoms with van der Waals surface area (Å²) in [7, 11) is 2.12. The van der Waals surface area contributed by atoms with Crippen LogP contribution in [0.25, 0.3) is 0 Å². The lowest BCUT2D eigenvalue weighted by Crippen LogP contribution is -2.23. The van der Waals surface area contributed by atoms with Gasteiger partial charge in [-0.05, 0) is 62.1 Å². The standard InChI is InChI=1S/C23H32N4OS/c1-26-21(19-8-13-28-14-9-19)24-25-22(26)29-15-5-11-27-12-10-23(17-27)16-20(23)18-6-3-2-4-7-18/h2-4,6-7,19-20H,5,8-17H2,1H3/t20-,23-/m0/s1. The topological polar surface area (TPSA) is 43.2 Å². The molecule has 0 unspecified atom stereocenters. The summed E-state index contributed by atoms with van der Waals surface area (Å²) in [6.07, 6.45) is 6.11. The average molecular weight is 413 g/mol. The number of likely N-dealkylation sites (tertiary alicyclic amines) is 1. The number of benzene rings is 1. The van der Waals surface area contributed by atoms with Crippen molar-refractivity contribution in [1.82, 2.24) is 19.7 Å². The van der Waals surface area contributed by atoms with Gasteiger partial charge in [0, 0.05) is 38.5 Å². The van der Waals surface area contributed by atoms with Crippen molar-refractivity contribution in [3.05, 3.63) is 41.7 Å². The van der Waals surface area contributed by atoms with Gasteiger partial charge >= 0.3 is 0 Å². The summed E-state index contributed by atoms with van der Waals surface area (Å²) in [5, 5.41) is 10.0. The van der Waals surface area contributed by atoms with Crippen molar-refractivity contribution in [1.29, 1.82) is 0 Å². The molecule has 0 N–H and O–H groups in total. The molecule has 0 bridgehead atoms. The van der Waals surface area contributed by atoms with Gasteiger partial charge in [0.15, 0.2) is 5.16 Å². The number of hydrogen-bond donors (Lipinski definition) is 0. The number of nitrogens with zero attached hydrogens (tertiary/aromatic N) is 4. The van der Waals surface area contributed by atoms with Crippen LogP contribution >= 0.6 is 11.8 Å². The Kier molecular flexibility index (Phi) is 5.67. The van der Waals surface area contributed by atoms with Crippen LogP contribution in [0.4, 0.5) is 0 Å². The number of hydrogen-bond acceptors (Lipinski definition) is 5. The van der Waals surface area contributed by atoms with Crippen molar-refractivity contribution in [2.45, 2.75) is 49.1 Å². The molecular formula is C23H32N4OS. The van der Waals surface area contributed by atoms with E-state index in [1.54, 1.807) is 5.56 Å². The highest BCUT2D eigenvalue weighted by atomic mass is 32.2. The molecule has 2 atom stereocenters. The Morgan fingerprint density at radius 2 is 2.00 bits per heavy atom. The molecule has 156 valence electrons. The maximum absolute atomic E-state index is 5.48. The average Bonchev–Trinajstić information content (AvgIpc) is 3.11. The van der Waals surface area contributed by atoms with Gasteiger partial charge in [0.05, 0.1) is 0 Å². The third kappa shape index (κ3) is 4.12. The van der Waals surface area contributed by atoms with E-state index in [4.69, 9.17) is 4.74 Å². The number of aromatic nitrogens is 3. The van der Waals surface area contributed by atoms with Crippen molar-refractivity contribution in [2.24, 2.45) is 12.5 Å². The minimum Gasteiger partial charge on any atom is -0.381 e. The Labute approximate surface area is 178 Å². The molecule has 1 aromatic carbocycles. The van der Waals surface area contributed by atoms with Gasteiger partial charge in [0.25, 0.3) is 0 Å². The molecule has 29 heavy (non-hydrogen) atoms. The second kappa shape index (κ2) is 8.40. The van der Waals surface area contributed by atoms with Crippen LogP contribution in [0.5, 0.6) is 0 Å². The Hall–Kier alpha value is -1.37. The third-order valence-electron chi connectivity index (χ3n) is 7.16. The van der Waals surface area contributed by atoms with Gasteiger partial charge in [-0.1, -0.05) is 42.1 Å². The summed E-state index contributed by atoms with van der Waals surface area (Å²) in [6, 6.07) is 11.1. The third-order valence-corrected chi connectivity index (χ3v) is 8.27. The molecule has 2 aromatic rings. The zero-order chi connectivity index (χ0) is 19.7. The van der Waals surface area contributed by atoms with Crippen LogP contribution in [0.15, 0.2) is 35.5 Å². The normalized spacial score (nSPS) is 27.7. The number of thioether (sulfide) groups is 1. The van der Waals surface area contributed by atoms with Gasteiger partial charge < -0.3 is 14.2 Å². The minimum atomic E-state index is 0.507. The van der Waals surface area contributed by atoms with Gasteiger partial charge in [0.2, 0.25) is 0 Å². The van der Waals surface area contributed by atoms with E-state index in [0.717, 1.165) is 48.7 Å². The molecule has 1 saturated carbocycles. The quantitative estimate of drug-likeness (QED) is 0.507. The fraction of sp³-hybridized carbons (Fsp3) is 0.652. The van der Waals surface area contributed by atoms with E-state index >= 15 is 0 Å². The van der Waals surface area contributed by atoms with Crippen LogP contribution in [-0.2, 0) is 11.8 Å². The van der Waals surface area contributed by atoms with Crippen LogP contribution in [0.3, 0.4) is 0 Å². The van der Waals surface area contributed by atoms with Gasteiger partial charge in [-0.15, -0.1) is 10.2 Å². The molecule has 3 aliphatic rings. The molecule has 1 spiro atoms. The predicted molar refractivity (Wildman–Crippen MR) is 116 cm³/mol. The first-order chi connectivity index (χ1) is 14.3. The molecule has 2 saturated heterocycles. The van der Waals surface area contributed by atoms with E-state index < -0.39 is 0 Å². The molecule has 6 heteroatoms. The SMILES string of the molecule is Cn1c(SCCCN2CC[C@]3(C[C@H]3c3ccccc3)C2)nnc1C1CCOCC1. The minimum absolute atomic E-state index is 0.507. The molecule has 3 fully saturated rings. The number of ether oxygens (including phenoxy) is 1. The second-order valence-electron chi connectivity index (χ2n) is 9.04. The van der Waals surface area contributed by atoms with Crippen LogP contribution in [0.1, 0.15) is 55.3 Å². The van der Waals surface area contributed by atoms with E-state index in [-0.39, 0.29) is 0 Å². The van der Waals surface area contributed by atoms with Crippen LogP contribution < -0.4 is 0 Å². The highest BCUT2D eigenvalue weighted by Crippen LogP contribution is 2.64. The van der Waals surface area contributed by atoms with E-state index in [0.29, 0.717) is 11.3 Å². The summed E-state index contributed by atoms with van der Waals surface area (Å²) in [5.74, 6) is 3.56. The first-order valence-electron chi connectivity index (χ1n) is 11.1. The van der Waals surface area contributed by atoms with Gasteiger partial charge in [-0.3, -0.25) is 0 Å². The van der Waals surface area contributed by atoms with E-state index in [1.807, 2.05) is 11.8 Å². The highest BCUT2D eigenvalue weighted by molar-refractivity contribution is 7.99. The first kappa shape index (κ1) is 19.6. The maximum atomic E-state index is 5.48. The lowest BCUT2D eigenvalue weighted by Gasteiger charge is -2.21. The molecule has 1 aliphatic carbocycles. The summed E-state index contributed by atoms with van der Waals surface area (Å²) in [5.41, 5.74) is 2.13. The molecule has 5 nitrogen and oxygen atoms in total. The largest absolute Gasteiger partial charge is 0.381 e. The molecule has 1 aromatic heterocycles. The Bertz CT molecular complexity index is 820. The van der Waals surface area contributed by atoms with Crippen LogP contribution in [0, 0.1) is 5.41 Å². The molecular weight excluding hydrogens is 380 g/mol. The predicted octanol–water partition coefficient (Wildman–Crippen LogP) is 4.07. The van der Waals surface area contributed by atoms with Crippen LogP contribution in [0.2, 0.25) is 0 Å². The Balaban J connectivity index is 1.06. The molecule has 0 radical (unpaired) electrons. The highest BCUT2D eigenvalue weighted by Gasteiger charge is 2.57. The van der Waals surface area contributed by atoms with Crippen molar-refractivity contribution >= 4 is 11.8 Å².